The van der Waals surface area contributed by atoms with Crippen LogP contribution in [0.4, 0.5) is 14.9 Å². The molecule has 7 heteroatoms. The van der Waals surface area contributed by atoms with Gasteiger partial charge in [0.05, 0.1) is 11.6 Å². The fraction of sp³-hybridized carbons (Fsp3) is 0.176. The molecule has 0 radical (unpaired) electrons. The monoisotopic (exact) mass is 349 g/mol. The van der Waals surface area contributed by atoms with E-state index in [-0.39, 0.29) is 17.3 Å². The summed E-state index contributed by atoms with van der Waals surface area (Å²) in [7, 11) is 0. The van der Waals surface area contributed by atoms with Crippen LogP contribution in [0.5, 0.6) is 0 Å². The topological polar surface area (TPSA) is 84.2 Å². The van der Waals surface area contributed by atoms with Gasteiger partial charge in [0.1, 0.15) is 5.82 Å². The van der Waals surface area contributed by atoms with Gasteiger partial charge in [-0.15, -0.1) is 0 Å². The van der Waals surface area contributed by atoms with Crippen molar-refractivity contribution in [3.63, 3.8) is 0 Å². The number of amides is 3. The molecule has 0 unspecified atom stereocenters. The van der Waals surface area contributed by atoms with Gasteiger partial charge in [0, 0.05) is 10.7 Å². The van der Waals surface area contributed by atoms with Gasteiger partial charge in [-0.05, 0) is 42.3 Å². The van der Waals surface area contributed by atoms with E-state index in [0.29, 0.717) is 11.4 Å². The number of anilines is 1. The molecule has 2 aromatic carbocycles. The van der Waals surface area contributed by atoms with Crippen molar-refractivity contribution in [2.45, 2.75) is 19.4 Å². The van der Waals surface area contributed by atoms with Crippen LogP contribution in [0, 0.1) is 5.82 Å². The molecule has 24 heavy (non-hydrogen) atoms. The third-order valence-electron chi connectivity index (χ3n) is 3.45. The van der Waals surface area contributed by atoms with Crippen molar-refractivity contribution in [1.29, 1.82) is 0 Å². The Morgan fingerprint density at radius 1 is 1.25 bits per heavy atom. The van der Waals surface area contributed by atoms with Crippen molar-refractivity contribution in [2.75, 3.05) is 5.32 Å². The fourth-order valence-corrected chi connectivity index (χ4v) is 2.46. The first-order valence-electron chi connectivity index (χ1n) is 7.33. The Morgan fingerprint density at radius 2 is 2.00 bits per heavy atom. The van der Waals surface area contributed by atoms with Gasteiger partial charge in [0.2, 0.25) is 0 Å². The molecule has 0 spiro atoms. The number of hydrogen-bond donors (Lipinski definition) is 3. The first-order valence-corrected chi connectivity index (χ1v) is 7.70. The molecule has 0 aliphatic rings. The summed E-state index contributed by atoms with van der Waals surface area (Å²) >= 11 is 5.97. The number of benzene rings is 2. The van der Waals surface area contributed by atoms with Crippen LogP contribution in [-0.4, -0.2) is 11.9 Å². The van der Waals surface area contributed by atoms with E-state index >= 15 is 0 Å². The van der Waals surface area contributed by atoms with Gasteiger partial charge in [-0.2, -0.15) is 0 Å². The molecule has 0 bridgehead atoms. The van der Waals surface area contributed by atoms with E-state index < -0.39 is 17.8 Å². The van der Waals surface area contributed by atoms with Crippen LogP contribution in [-0.2, 0) is 0 Å². The Kier molecular flexibility index (Phi) is 5.76. The lowest BCUT2D eigenvalue weighted by Crippen LogP contribution is -2.32. The second-order valence-electron chi connectivity index (χ2n) is 5.17. The largest absolute Gasteiger partial charge is 0.366 e. The summed E-state index contributed by atoms with van der Waals surface area (Å²) in [5, 5.41) is 5.94. The van der Waals surface area contributed by atoms with Crippen molar-refractivity contribution >= 4 is 29.2 Å². The second-order valence-corrected chi connectivity index (χ2v) is 5.61. The number of rotatable bonds is 5. The molecule has 126 valence electrons. The maximum absolute atomic E-state index is 13.4. The number of urea groups is 1. The molecule has 0 fully saturated rings. The van der Waals surface area contributed by atoms with Gasteiger partial charge in [-0.1, -0.05) is 30.7 Å². The number of carbonyl (C=O) groups excluding carboxylic acids is 2. The number of primary amides is 1. The van der Waals surface area contributed by atoms with Gasteiger partial charge in [0.15, 0.2) is 0 Å². The third kappa shape index (κ3) is 4.45. The Balaban J connectivity index is 2.09. The summed E-state index contributed by atoms with van der Waals surface area (Å²) in [5.74, 6) is -1.64. The Morgan fingerprint density at radius 3 is 2.62 bits per heavy atom. The molecule has 0 aromatic heterocycles. The zero-order chi connectivity index (χ0) is 17.7. The zero-order valence-corrected chi connectivity index (χ0v) is 13.7. The highest BCUT2D eigenvalue weighted by atomic mass is 35.5. The average molecular weight is 350 g/mol. The lowest BCUT2D eigenvalue weighted by Gasteiger charge is -2.18. The molecule has 2 aromatic rings. The zero-order valence-electron chi connectivity index (χ0n) is 13.0. The second kappa shape index (κ2) is 7.79. The van der Waals surface area contributed by atoms with Gasteiger partial charge < -0.3 is 16.4 Å². The molecule has 4 N–H and O–H groups in total. The lowest BCUT2D eigenvalue weighted by atomic mass is 10.1. The van der Waals surface area contributed by atoms with Crippen LogP contribution >= 0.6 is 11.6 Å². The first-order chi connectivity index (χ1) is 11.4. The van der Waals surface area contributed by atoms with Crippen LogP contribution in [0.25, 0.3) is 0 Å². The van der Waals surface area contributed by atoms with Crippen molar-refractivity contribution < 1.29 is 14.0 Å². The van der Waals surface area contributed by atoms with E-state index in [4.69, 9.17) is 17.3 Å². The molecule has 0 aliphatic heterocycles. The Bertz CT molecular complexity index is 767. The van der Waals surface area contributed by atoms with Crippen LogP contribution in [0.1, 0.15) is 35.3 Å². The first kappa shape index (κ1) is 17.7. The average Bonchev–Trinajstić information content (AvgIpc) is 2.54. The van der Waals surface area contributed by atoms with Gasteiger partial charge in [-0.25, -0.2) is 9.18 Å². The molecule has 2 rings (SSSR count). The molecule has 3 amide bonds. The number of halogens is 2. The highest BCUT2D eigenvalue weighted by Gasteiger charge is 2.14. The molecule has 1 atom stereocenters. The number of hydrogen-bond acceptors (Lipinski definition) is 2. The van der Waals surface area contributed by atoms with E-state index in [1.807, 2.05) is 13.0 Å². The number of nitrogens with one attached hydrogen (secondary N) is 2. The van der Waals surface area contributed by atoms with E-state index in [0.717, 1.165) is 11.6 Å². The van der Waals surface area contributed by atoms with Crippen LogP contribution < -0.4 is 16.4 Å². The normalized spacial score (nSPS) is 11.6. The molecule has 0 saturated heterocycles. The molecule has 0 aliphatic carbocycles. The number of nitrogens with two attached hydrogens (primary N) is 1. The molecule has 0 heterocycles. The summed E-state index contributed by atoms with van der Waals surface area (Å²) in [5.41, 5.74) is 5.94. The summed E-state index contributed by atoms with van der Waals surface area (Å²) in [6.45, 7) is 1.93. The highest BCUT2D eigenvalue weighted by molar-refractivity contribution is 6.30. The van der Waals surface area contributed by atoms with E-state index in [2.05, 4.69) is 10.6 Å². The Hall–Kier alpha value is -2.60. The van der Waals surface area contributed by atoms with Gasteiger partial charge >= 0.3 is 6.03 Å². The minimum Gasteiger partial charge on any atom is -0.366 e. The molecule has 5 nitrogen and oxygen atoms in total. The van der Waals surface area contributed by atoms with E-state index in [1.54, 1.807) is 18.2 Å². The SMILES string of the molecule is CC[C@@H](NC(=O)Nc1ccc(F)c(C(N)=O)c1)c1cccc(Cl)c1. The predicted octanol–water partition coefficient (Wildman–Crippen LogP) is 3.85. The van der Waals surface area contributed by atoms with Crippen LogP contribution in [0.3, 0.4) is 0 Å². The van der Waals surface area contributed by atoms with Crippen molar-refractivity contribution in [3.8, 4) is 0 Å². The van der Waals surface area contributed by atoms with E-state index in [1.165, 1.54) is 12.1 Å². The highest BCUT2D eigenvalue weighted by Crippen LogP contribution is 2.21. The molecular weight excluding hydrogens is 333 g/mol. The smallest absolute Gasteiger partial charge is 0.319 e. The van der Waals surface area contributed by atoms with Crippen LogP contribution in [0.2, 0.25) is 5.02 Å². The minimum atomic E-state index is -0.901. The summed E-state index contributed by atoms with van der Waals surface area (Å²) in [4.78, 5) is 23.3. The standard InChI is InChI=1S/C17H17ClFN3O2/c1-2-15(10-4-3-5-11(18)8-10)22-17(24)21-12-6-7-14(19)13(9-12)16(20)23/h3-9,15H,2H2,1H3,(H2,20,23)(H2,21,22,24)/t15-/m1/s1. The predicted molar refractivity (Wildman–Crippen MR) is 91.6 cm³/mol. The maximum Gasteiger partial charge on any atom is 0.319 e. The van der Waals surface area contributed by atoms with Gasteiger partial charge in [0.25, 0.3) is 5.91 Å². The third-order valence-corrected chi connectivity index (χ3v) is 3.69. The van der Waals surface area contributed by atoms with Crippen molar-refractivity contribution in [2.24, 2.45) is 5.73 Å². The fourth-order valence-electron chi connectivity index (χ4n) is 2.26. The summed E-state index contributed by atoms with van der Waals surface area (Å²) in [6, 6.07) is 10.1. The van der Waals surface area contributed by atoms with E-state index in [9.17, 15) is 14.0 Å². The number of carbonyl (C=O) groups is 2. The maximum atomic E-state index is 13.4. The lowest BCUT2D eigenvalue weighted by molar-refractivity contribution is 0.0996. The minimum absolute atomic E-state index is 0.236. The molecular formula is C17H17ClFN3O2. The van der Waals surface area contributed by atoms with Gasteiger partial charge in [-0.3, -0.25) is 4.79 Å². The summed E-state index contributed by atoms with van der Waals surface area (Å²) < 4.78 is 13.4. The van der Waals surface area contributed by atoms with Crippen molar-refractivity contribution in [3.05, 3.63) is 64.4 Å². The van der Waals surface area contributed by atoms with Crippen molar-refractivity contribution in [1.82, 2.24) is 5.32 Å². The summed E-state index contributed by atoms with van der Waals surface area (Å²) in [6.07, 6.45) is 0.656. The quantitative estimate of drug-likeness (QED) is 0.766. The molecule has 0 saturated carbocycles. The Labute approximate surface area is 144 Å². The van der Waals surface area contributed by atoms with Crippen LogP contribution in [0.15, 0.2) is 42.5 Å².